The molecule has 4 fully saturated rings. The Morgan fingerprint density at radius 2 is 1.95 bits per heavy atom. The summed E-state index contributed by atoms with van der Waals surface area (Å²) in [6.07, 6.45) is 16.0. The maximum Gasteiger partial charge on any atom is -0.0166 e. The molecule has 0 aliphatic heterocycles. The third-order valence-electron chi connectivity index (χ3n) is 7.78. The van der Waals surface area contributed by atoms with Crippen molar-refractivity contribution in [2.75, 3.05) is 0 Å². The second-order valence-electron chi connectivity index (χ2n) is 8.25. The van der Waals surface area contributed by atoms with Crippen LogP contribution in [0, 0.1) is 35.0 Å². The normalized spacial score (nSPS) is 54.6. The molecule has 5 rings (SSSR count). The molecule has 1 spiro atoms. The summed E-state index contributed by atoms with van der Waals surface area (Å²) in [4.78, 5) is 0. The number of hydrogen-bond acceptors (Lipinski definition) is 0. The third-order valence-corrected chi connectivity index (χ3v) is 7.78. The summed E-state index contributed by atoms with van der Waals surface area (Å²) < 4.78 is 0. The van der Waals surface area contributed by atoms with Gasteiger partial charge in [0.25, 0.3) is 0 Å². The van der Waals surface area contributed by atoms with Gasteiger partial charge in [-0.25, -0.2) is 0 Å². The van der Waals surface area contributed by atoms with Crippen molar-refractivity contribution in [2.45, 2.75) is 57.8 Å². The lowest BCUT2D eigenvalue weighted by Crippen LogP contribution is -2.42. The fourth-order valence-corrected chi connectivity index (χ4v) is 6.95. The lowest BCUT2D eigenvalue weighted by molar-refractivity contribution is 0.0298. The first-order chi connectivity index (χ1) is 9.28. The number of hydrogen-bond donors (Lipinski definition) is 0. The zero-order valence-electron chi connectivity index (χ0n) is 12.0. The van der Waals surface area contributed by atoms with Crippen LogP contribution < -0.4 is 0 Å². The van der Waals surface area contributed by atoms with E-state index >= 15 is 0 Å². The van der Waals surface area contributed by atoms with Crippen molar-refractivity contribution in [3.05, 3.63) is 23.8 Å². The lowest BCUT2D eigenvalue weighted by Gasteiger charge is -2.50. The van der Waals surface area contributed by atoms with Crippen molar-refractivity contribution < 1.29 is 0 Å². The summed E-state index contributed by atoms with van der Waals surface area (Å²) in [7, 11) is 0. The minimum absolute atomic E-state index is 0.890. The lowest BCUT2D eigenvalue weighted by atomic mass is 9.54. The quantitative estimate of drug-likeness (QED) is 0.563. The minimum atomic E-state index is 0.890. The smallest absolute Gasteiger partial charge is 0.0166 e. The van der Waals surface area contributed by atoms with Gasteiger partial charge in [0.15, 0.2) is 0 Å². The maximum absolute atomic E-state index is 4.20. The minimum Gasteiger partial charge on any atom is -0.0958 e. The SMILES string of the molecule is C=C1C=C2CCC3C(CCC45CC4CCC35)C2CC1. The van der Waals surface area contributed by atoms with E-state index in [0.29, 0.717) is 0 Å². The highest BCUT2D eigenvalue weighted by Gasteiger charge is 2.66. The summed E-state index contributed by atoms with van der Waals surface area (Å²) in [5.41, 5.74) is 4.08. The summed E-state index contributed by atoms with van der Waals surface area (Å²) >= 11 is 0. The van der Waals surface area contributed by atoms with Gasteiger partial charge in [-0.05, 0) is 92.8 Å². The van der Waals surface area contributed by atoms with Gasteiger partial charge in [-0.15, -0.1) is 0 Å². The molecule has 0 heterocycles. The Bertz CT molecular complexity index is 470. The van der Waals surface area contributed by atoms with Gasteiger partial charge in [0.1, 0.15) is 0 Å². The molecule has 0 N–H and O–H groups in total. The Morgan fingerprint density at radius 1 is 1.00 bits per heavy atom. The molecule has 6 unspecified atom stereocenters. The van der Waals surface area contributed by atoms with Crippen molar-refractivity contribution >= 4 is 0 Å². The first kappa shape index (κ1) is 11.2. The predicted octanol–water partition coefficient (Wildman–Crippen LogP) is 5.12. The van der Waals surface area contributed by atoms with E-state index in [4.69, 9.17) is 0 Å². The first-order valence-electron chi connectivity index (χ1n) is 8.66. The van der Waals surface area contributed by atoms with Crippen molar-refractivity contribution in [3.63, 3.8) is 0 Å². The zero-order chi connectivity index (χ0) is 12.6. The molecule has 0 heteroatoms. The van der Waals surface area contributed by atoms with E-state index in [-0.39, 0.29) is 0 Å². The van der Waals surface area contributed by atoms with Gasteiger partial charge < -0.3 is 0 Å². The second kappa shape index (κ2) is 3.57. The second-order valence-corrected chi connectivity index (χ2v) is 8.25. The molecule has 0 saturated heterocycles. The number of rotatable bonds is 0. The van der Waals surface area contributed by atoms with Gasteiger partial charge >= 0.3 is 0 Å². The monoisotopic (exact) mass is 254 g/mol. The molecule has 0 amide bonds. The topological polar surface area (TPSA) is 0 Å². The molecule has 6 atom stereocenters. The van der Waals surface area contributed by atoms with Gasteiger partial charge in [-0.1, -0.05) is 23.8 Å². The molecule has 0 aromatic heterocycles. The van der Waals surface area contributed by atoms with Crippen molar-refractivity contribution in [3.8, 4) is 0 Å². The van der Waals surface area contributed by atoms with E-state index in [1.54, 1.807) is 37.7 Å². The molecule has 5 aliphatic rings. The molecular formula is C19H26. The average molecular weight is 254 g/mol. The van der Waals surface area contributed by atoms with Crippen LogP contribution in [-0.2, 0) is 0 Å². The van der Waals surface area contributed by atoms with Crippen molar-refractivity contribution in [1.29, 1.82) is 0 Å². The van der Waals surface area contributed by atoms with E-state index in [1.807, 2.05) is 0 Å². The summed E-state index contributed by atoms with van der Waals surface area (Å²) in [6.45, 7) is 4.20. The van der Waals surface area contributed by atoms with E-state index in [9.17, 15) is 0 Å². The number of fused-ring (bicyclic) bond motifs is 4. The fourth-order valence-electron chi connectivity index (χ4n) is 6.95. The molecule has 0 nitrogen and oxygen atoms in total. The predicted molar refractivity (Wildman–Crippen MR) is 78.7 cm³/mol. The van der Waals surface area contributed by atoms with Crippen LogP contribution in [0.15, 0.2) is 23.8 Å². The zero-order valence-corrected chi connectivity index (χ0v) is 12.0. The third kappa shape index (κ3) is 1.36. The Balaban J connectivity index is 1.47. The Hall–Kier alpha value is -0.520. The molecular weight excluding hydrogens is 228 g/mol. The highest BCUT2D eigenvalue weighted by atomic mass is 14.7. The molecule has 102 valence electrons. The van der Waals surface area contributed by atoms with Crippen LogP contribution in [0.3, 0.4) is 0 Å². The first-order valence-corrected chi connectivity index (χ1v) is 8.66. The Morgan fingerprint density at radius 3 is 2.84 bits per heavy atom. The average Bonchev–Trinajstić information content (AvgIpc) is 3.00. The summed E-state index contributed by atoms with van der Waals surface area (Å²) in [6, 6.07) is 0. The summed E-state index contributed by atoms with van der Waals surface area (Å²) in [5, 5.41) is 0. The van der Waals surface area contributed by atoms with Crippen LogP contribution >= 0.6 is 0 Å². The van der Waals surface area contributed by atoms with Gasteiger partial charge in [0, 0.05) is 0 Å². The molecule has 4 saturated carbocycles. The highest BCUT2D eigenvalue weighted by molar-refractivity contribution is 5.30. The van der Waals surface area contributed by atoms with Crippen LogP contribution in [0.4, 0.5) is 0 Å². The van der Waals surface area contributed by atoms with Crippen molar-refractivity contribution in [2.24, 2.45) is 35.0 Å². The van der Waals surface area contributed by atoms with Crippen LogP contribution in [-0.4, -0.2) is 0 Å². The van der Waals surface area contributed by atoms with Gasteiger partial charge in [-0.2, -0.15) is 0 Å². The van der Waals surface area contributed by atoms with E-state index in [2.05, 4.69) is 12.7 Å². The number of allylic oxidation sites excluding steroid dienone is 3. The molecule has 0 aromatic carbocycles. The van der Waals surface area contributed by atoms with Crippen molar-refractivity contribution in [1.82, 2.24) is 0 Å². The Kier molecular flexibility index (Phi) is 2.10. The van der Waals surface area contributed by atoms with Crippen LogP contribution in [0.5, 0.6) is 0 Å². The molecule has 0 bridgehead atoms. The van der Waals surface area contributed by atoms with E-state index < -0.39 is 0 Å². The fraction of sp³-hybridized carbons (Fsp3) is 0.789. The van der Waals surface area contributed by atoms with Gasteiger partial charge in [0.05, 0.1) is 0 Å². The molecule has 5 aliphatic carbocycles. The van der Waals surface area contributed by atoms with E-state index in [1.165, 1.54) is 37.2 Å². The van der Waals surface area contributed by atoms with Gasteiger partial charge in [0.2, 0.25) is 0 Å². The Labute approximate surface area is 117 Å². The standard InChI is InChI=1S/C19H26/c1-12-2-5-15-13(10-12)3-6-17-16(15)8-9-19-11-14(19)4-7-18(17)19/h10,14-18H,1-9,11H2. The molecule has 0 aromatic rings. The van der Waals surface area contributed by atoms with Crippen LogP contribution in [0.2, 0.25) is 0 Å². The molecule has 19 heavy (non-hydrogen) atoms. The van der Waals surface area contributed by atoms with E-state index in [0.717, 1.165) is 29.1 Å². The molecule has 0 radical (unpaired) electrons. The summed E-state index contributed by atoms with van der Waals surface area (Å²) in [5.74, 6) is 5.43. The van der Waals surface area contributed by atoms with Gasteiger partial charge in [-0.3, -0.25) is 0 Å². The largest absolute Gasteiger partial charge is 0.0958 e. The maximum atomic E-state index is 4.20. The van der Waals surface area contributed by atoms with Crippen LogP contribution in [0.25, 0.3) is 0 Å². The highest BCUT2D eigenvalue weighted by Crippen LogP contribution is 2.75. The van der Waals surface area contributed by atoms with Crippen LogP contribution in [0.1, 0.15) is 57.8 Å².